The minimum Gasteiger partial charge on any atom is -0.457 e. The van der Waals surface area contributed by atoms with Gasteiger partial charge in [-0.1, -0.05) is 30.3 Å². The second-order valence-electron chi connectivity index (χ2n) is 6.00. The van der Waals surface area contributed by atoms with Crippen molar-refractivity contribution in [3.05, 3.63) is 78.5 Å². The number of nitrogens with zero attached hydrogens (tertiary/aromatic N) is 1. The molecule has 0 fully saturated rings. The van der Waals surface area contributed by atoms with Crippen LogP contribution >= 0.6 is 0 Å². The lowest BCUT2D eigenvalue weighted by molar-refractivity contribution is 0.472. The van der Waals surface area contributed by atoms with Crippen LogP contribution in [0.5, 0.6) is 11.5 Å². The number of hydrogen-bond acceptors (Lipinski definition) is 4. The smallest absolute Gasteiger partial charge is 0.306 e. The lowest BCUT2D eigenvalue weighted by Gasteiger charge is -2.37. The SMILES string of the molecule is CCS(=O)(=O)[N+]1(c2cccc(Oc3ccccc3)c2)CC=CC=C1CN. The fourth-order valence-corrected chi connectivity index (χ4v) is 4.86. The van der Waals surface area contributed by atoms with Gasteiger partial charge in [-0.3, -0.25) is 0 Å². The van der Waals surface area contributed by atoms with Crippen LogP contribution in [0.2, 0.25) is 0 Å². The highest BCUT2D eigenvalue weighted by Crippen LogP contribution is 2.38. The Morgan fingerprint density at radius 1 is 1.08 bits per heavy atom. The third-order valence-corrected chi connectivity index (χ3v) is 6.79. The fraction of sp³-hybridized carbons (Fsp3) is 0.200. The molecular weight excluding hydrogens is 348 g/mol. The van der Waals surface area contributed by atoms with Crippen molar-refractivity contribution in [1.29, 1.82) is 0 Å². The van der Waals surface area contributed by atoms with Gasteiger partial charge in [-0.15, -0.1) is 0 Å². The van der Waals surface area contributed by atoms with Crippen LogP contribution in [0.4, 0.5) is 5.69 Å². The van der Waals surface area contributed by atoms with Gasteiger partial charge in [0.15, 0.2) is 5.69 Å². The van der Waals surface area contributed by atoms with Crippen LogP contribution in [-0.4, -0.2) is 27.3 Å². The molecule has 5 nitrogen and oxygen atoms in total. The summed E-state index contributed by atoms with van der Waals surface area (Å²) in [5.74, 6) is 1.30. The number of nitrogens with two attached hydrogens (primary N) is 1. The van der Waals surface area contributed by atoms with Crippen molar-refractivity contribution >= 4 is 15.7 Å². The van der Waals surface area contributed by atoms with Crippen molar-refractivity contribution in [2.45, 2.75) is 6.92 Å². The third-order valence-electron chi connectivity index (χ3n) is 4.51. The lowest BCUT2D eigenvalue weighted by Crippen LogP contribution is -2.56. The van der Waals surface area contributed by atoms with E-state index >= 15 is 0 Å². The zero-order valence-electron chi connectivity index (χ0n) is 14.7. The van der Waals surface area contributed by atoms with Crippen LogP contribution in [-0.2, 0) is 10.0 Å². The van der Waals surface area contributed by atoms with Gasteiger partial charge in [0.05, 0.1) is 12.3 Å². The number of hydrogen-bond donors (Lipinski definition) is 1. The number of ether oxygens (including phenoxy) is 1. The molecule has 1 aliphatic heterocycles. The van der Waals surface area contributed by atoms with Gasteiger partial charge in [0.2, 0.25) is 0 Å². The first kappa shape index (κ1) is 18.4. The molecule has 136 valence electrons. The van der Waals surface area contributed by atoms with E-state index in [1.165, 1.54) is 0 Å². The van der Waals surface area contributed by atoms with E-state index in [-0.39, 0.29) is 16.2 Å². The predicted molar refractivity (Wildman–Crippen MR) is 105 cm³/mol. The molecule has 2 N–H and O–H groups in total. The van der Waals surface area contributed by atoms with Crippen molar-refractivity contribution in [1.82, 2.24) is 3.89 Å². The summed E-state index contributed by atoms with van der Waals surface area (Å²) in [5, 5.41) is 0. The molecule has 1 heterocycles. The summed E-state index contributed by atoms with van der Waals surface area (Å²) < 4.78 is 31.8. The Morgan fingerprint density at radius 3 is 2.50 bits per heavy atom. The summed E-state index contributed by atoms with van der Waals surface area (Å²) in [6.07, 6.45) is 5.51. The van der Waals surface area contributed by atoms with Gasteiger partial charge < -0.3 is 10.5 Å². The average molecular weight is 371 g/mol. The van der Waals surface area contributed by atoms with Crippen molar-refractivity contribution in [2.75, 3.05) is 18.8 Å². The first-order valence-electron chi connectivity index (χ1n) is 8.54. The van der Waals surface area contributed by atoms with Crippen molar-refractivity contribution in [3.63, 3.8) is 0 Å². The summed E-state index contributed by atoms with van der Waals surface area (Å²) in [6, 6.07) is 16.6. The molecule has 0 aliphatic carbocycles. The largest absolute Gasteiger partial charge is 0.457 e. The van der Waals surface area contributed by atoms with Gasteiger partial charge in [0.25, 0.3) is 0 Å². The molecule has 1 atom stereocenters. The molecule has 0 saturated heterocycles. The second kappa shape index (κ2) is 7.45. The van der Waals surface area contributed by atoms with Gasteiger partial charge in [-0.25, -0.2) is 0 Å². The molecule has 0 aromatic heterocycles. The molecule has 0 radical (unpaired) electrons. The molecule has 26 heavy (non-hydrogen) atoms. The highest BCUT2D eigenvalue weighted by Gasteiger charge is 2.46. The van der Waals surface area contributed by atoms with Crippen molar-refractivity contribution in [2.24, 2.45) is 5.73 Å². The van der Waals surface area contributed by atoms with E-state index in [0.717, 1.165) is 0 Å². The number of benzene rings is 2. The Balaban J connectivity index is 2.10. The highest BCUT2D eigenvalue weighted by atomic mass is 32.2. The van der Waals surface area contributed by atoms with E-state index in [4.69, 9.17) is 10.5 Å². The Kier molecular flexibility index (Phi) is 5.27. The number of allylic oxidation sites excluding steroid dienone is 2. The summed E-state index contributed by atoms with van der Waals surface area (Å²) in [7, 11) is -3.50. The zero-order valence-corrected chi connectivity index (χ0v) is 15.5. The fourth-order valence-electron chi connectivity index (χ4n) is 3.18. The Bertz CT molecular complexity index is 937. The molecule has 1 aliphatic rings. The van der Waals surface area contributed by atoms with E-state index in [1.54, 1.807) is 19.1 Å². The molecule has 0 saturated carbocycles. The molecule has 0 bridgehead atoms. The number of para-hydroxylation sites is 1. The number of quaternary nitrogens is 1. The Morgan fingerprint density at radius 2 is 1.81 bits per heavy atom. The molecule has 2 aromatic rings. The first-order valence-corrected chi connectivity index (χ1v) is 10.1. The Hall–Kier alpha value is -2.41. The maximum Gasteiger partial charge on any atom is 0.306 e. The van der Waals surface area contributed by atoms with Crippen LogP contribution in [0.15, 0.2) is 78.5 Å². The monoisotopic (exact) mass is 371 g/mol. The van der Waals surface area contributed by atoms with Gasteiger partial charge in [-0.2, -0.15) is 12.3 Å². The standard InChI is InChI=1S/C20H23N2O3S/c1-2-26(23,24)22(14-7-6-9-18(22)16-21)17-10-8-13-20(15-17)25-19-11-4-3-5-12-19/h3-13,15H,2,14,16,21H2,1H3/q+1. The van der Waals surface area contributed by atoms with E-state index in [2.05, 4.69) is 0 Å². The molecule has 0 spiro atoms. The first-order chi connectivity index (χ1) is 12.5. The second-order valence-corrected chi connectivity index (χ2v) is 8.36. The van der Waals surface area contributed by atoms with Crippen molar-refractivity contribution in [3.8, 4) is 11.5 Å². The highest BCUT2D eigenvalue weighted by molar-refractivity contribution is 7.91. The van der Waals surface area contributed by atoms with Gasteiger partial charge in [0.1, 0.15) is 23.7 Å². The van der Waals surface area contributed by atoms with Crippen LogP contribution in [0.3, 0.4) is 0 Å². The summed E-state index contributed by atoms with van der Waals surface area (Å²) in [6.45, 7) is 2.13. The quantitative estimate of drug-likeness (QED) is 0.789. The van der Waals surface area contributed by atoms with E-state index in [0.29, 0.717) is 29.4 Å². The maximum absolute atomic E-state index is 13.1. The molecule has 2 aromatic carbocycles. The van der Waals surface area contributed by atoms with Gasteiger partial charge in [0, 0.05) is 12.1 Å². The third kappa shape index (κ3) is 3.19. The minimum atomic E-state index is -3.50. The predicted octanol–water partition coefficient (Wildman–Crippen LogP) is 3.55. The normalized spacial score (nSPS) is 19.8. The molecule has 3 rings (SSSR count). The minimum absolute atomic E-state index is 0.0158. The van der Waals surface area contributed by atoms with Crippen molar-refractivity contribution < 1.29 is 13.2 Å². The number of rotatable bonds is 6. The van der Waals surface area contributed by atoms with Crippen LogP contribution < -0.4 is 14.4 Å². The van der Waals surface area contributed by atoms with E-state index in [9.17, 15) is 8.42 Å². The topological polar surface area (TPSA) is 69.4 Å². The van der Waals surface area contributed by atoms with Crippen LogP contribution in [0.25, 0.3) is 0 Å². The lowest BCUT2D eigenvalue weighted by atomic mass is 10.2. The van der Waals surface area contributed by atoms with Crippen LogP contribution in [0, 0.1) is 0 Å². The zero-order chi connectivity index (χ0) is 18.6. The van der Waals surface area contributed by atoms with E-state index in [1.807, 2.05) is 60.7 Å². The Labute approximate surface area is 154 Å². The summed E-state index contributed by atoms with van der Waals surface area (Å²) in [4.78, 5) is 0. The molecular formula is C20H23N2O3S+. The number of sulfonamides is 1. The van der Waals surface area contributed by atoms with Gasteiger partial charge >= 0.3 is 10.0 Å². The molecule has 0 amide bonds. The van der Waals surface area contributed by atoms with Gasteiger partial charge in [-0.05, 0) is 37.3 Å². The average Bonchev–Trinajstić information content (AvgIpc) is 2.68. The summed E-state index contributed by atoms with van der Waals surface area (Å²) in [5.41, 5.74) is 7.19. The van der Waals surface area contributed by atoms with E-state index < -0.39 is 10.0 Å². The summed E-state index contributed by atoms with van der Waals surface area (Å²) >= 11 is 0. The molecule has 6 heteroatoms. The maximum atomic E-state index is 13.1. The molecule has 1 unspecified atom stereocenters. The van der Waals surface area contributed by atoms with Crippen LogP contribution in [0.1, 0.15) is 6.92 Å².